The fourth-order valence-corrected chi connectivity index (χ4v) is 1.77. The molecule has 0 saturated heterocycles. The van der Waals surface area contributed by atoms with E-state index in [9.17, 15) is 4.79 Å². The van der Waals surface area contributed by atoms with E-state index in [0.717, 1.165) is 17.5 Å². The number of rotatable bonds is 5. The smallest absolute Gasteiger partial charge is 0.293 e. The van der Waals surface area contributed by atoms with Crippen LogP contribution in [0.5, 0.6) is 0 Å². The highest BCUT2D eigenvalue weighted by Crippen LogP contribution is 2.24. The van der Waals surface area contributed by atoms with Gasteiger partial charge in [-0.1, -0.05) is 55.5 Å². The lowest BCUT2D eigenvalue weighted by Gasteiger charge is -2.11. The van der Waals surface area contributed by atoms with Gasteiger partial charge >= 0.3 is 5.97 Å². The molecule has 104 valence electrons. The van der Waals surface area contributed by atoms with Gasteiger partial charge in [-0.3, -0.25) is 4.89 Å². The molecular formula is C17H18O3. The van der Waals surface area contributed by atoms with Gasteiger partial charge in [-0.2, -0.15) is 4.89 Å². The Balaban J connectivity index is 2.22. The molecule has 2 aromatic carbocycles. The van der Waals surface area contributed by atoms with Gasteiger partial charge in [0.05, 0.1) is 5.56 Å². The van der Waals surface area contributed by atoms with Gasteiger partial charge in [-0.05, 0) is 30.5 Å². The van der Waals surface area contributed by atoms with Crippen LogP contribution in [0.25, 0.3) is 11.1 Å². The fraction of sp³-hybridized carbons (Fsp3) is 0.235. The highest BCUT2D eigenvalue weighted by atomic mass is 17.2. The molecule has 0 aliphatic rings. The quantitative estimate of drug-likeness (QED) is 0.602. The zero-order valence-corrected chi connectivity index (χ0v) is 11.7. The molecule has 1 unspecified atom stereocenters. The normalized spacial score (nSPS) is 11.9. The summed E-state index contributed by atoms with van der Waals surface area (Å²) in [7, 11) is 0. The number of hydrogen-bond donors (Lipinski definition) is 0. The molecule has 1 atom stereocenters. The minimum atomic E-state index is -0.468. The maximum Gasteiger partial charge on any atom is 0.373 e. The summed E-state index contributed by atoms with van der Waals surface area (Å²) in [5, 5.41) is 0. The first kappa shape index (κ1) is 14.3. The molecule has 0 radical (unpaired) electrons. The van der Waals surface area contributed by atoms with Crippen LogP contribution in [-0.2, 0) is 9.78 Å². The largest absolute Gasteiger partial charge is 0.373 e. The molecule has 0 amide bonds. The third kappa shape index (κ3) is 3.45. The van der Waals surface area contributed by atoms with Crippen LogP contribution < -0.4 is 0 Å². The fourth-order valence-electron chi connectivity index (χ4n) is 1.77. The Bertz CT molecular complexity index is 563. The van der Waals surface area contributed by atoms with Crippen LogP contribution in [0.4, 0.5) is 0 Å². The topological polar surface area (TPSA) is 35.5 Å². The van der Waals surface area contributed by atoms with Crippen molar-refractivity contribution in [3.05, 3.63) is 60.2 Å². The van der Waals surface area contributed by atoms with Crippen molar-refractivity contribution in [3.63, 3.8) is 0 Å². The van der Waals surface area contributed by atoms with E-state index in [2.05, 4.69) is 0 Å². The van der Waals surface area contributed by atoms with E-state index in [1.54, 1.807) is 6.07 Å². The highest BCUT2D eigenvalue weighted by molar-refractivity contribution is 5.96. The lowest BCUT2D eigenvalue weighted by Crippen LogP contribution is -2.13. The highest BCUT2D eigenvalue weighted by Gasteiger charge is 2.15. The predicted octanol–water partition coefficient (Wildman–Crippen LogP) is 4.24. The number of carbonyl (C=O) groups excluding carboxylic acids is 1. The van der Waals surface area contributed by atoms with Crippen molar-refractivity contribution in [1.82, 2.24) is 0 Å². The van der Waals surface area contributed by atoms with Crippen LogP contribution in [0, 0.1) is 0 Å². The number of hydrogen-bond acceptors (Lipinski definition) is 3. The van der Waals surface area contributed by atoms with Gasteiger partial charge in [-0.15, -0.1) is 0 Å². The molecule has 0 saturated carbocycles. The van der Waals surface area contributed by atoms with Gasteiger partial charge in [0.25, 0.3) is 0 Å². The molecule has 2 rings (SSSR count). The maximum absolute atomic E-state index is 12.1. The Morgan fingerprint density at radius 2 is 1.70 bits per heavy atom. The van der Waals surface area contributed by atoms with Crippen LogP contribution >= 0.6 is 0 Å². The predicted molar refractivity (Wildman–Crippen MR) is 78.1 cm³/mol. The first-order chi connectivity index (χ1) is 9.72. The minimum Gasteiger partial charge on any atom is -0.293 e. The SMILES string of the molecule is CCC(C)OOC(=O)c1ccccc1-c1ccccc1. The molecule has 0 aliphatic heterocycles. The second-order valence-corrected chi connectivity index (χ2v) is 4.60. The van der Waals surface area contributed by atoms with Crippen LogP contribution in [0.2, 0.25) is 0 Å². The Hall–Kier alpha value is -2.13. The molecule has 0 spiro atoms. The van der Waals surface area contributed by atoms with Gasteiger partial charge < -0.3 is 0 Å². The summed E-state index contributed by atoms with van der Waals surface area (Å²) < 4.78 is 0. The van der Waals surface area contributed by atoms with E-state index in [-0.39, 0.29) is 6.10 Å². The van der Waals surface area contributed by atoms with Crippen molar-refractivity contribution in [2.45, 2.75) is 26.4 Å². The van der Waals surface area contributed by atoms with E-state index in [0.29, 0.717) is 5.56 Å². The monoisotopic (exact) mass is 270 g/mol. The van der Waals surface area contributed by atoms with Crippen molar-refractivity contribution >= 4 is 5.97 Å². The molecule has 0 bridgehead atoms. The Morgan fingerprint density at radius 3 is 2.40 bits per heavy atom. The van der Waals surface area contributed by atoms with E-state index in [1.807, 2.05) is 62.4 Å². The summed E-state index contributed by atoms with van der Waals surface area (Å²) in [5.74, 6) is -0.468. The molecule has 0 heterocycles. The third-order valence-electron chi connectivity index (χ3n) is 3.09. The van der Waals surface area contributed by atoms with Gasteiger partial charge in [0, 0.05) is 0 Å². The van der Waals surface area contributed by atoms with Gasteiger partial charge in [-0.25, -0.2) is 4.79 Å². The molecule has 2 aromatic rings. The third-order valence-corrected chi connectivity index (χ3v) is 3.09. The standard InChI is InChI=1S/C17H18O3/c1-3-13(2)19-20-17(18)16-12-8-7-11-15(16)14-9-5-4-6-10-14/h4-13H,3H2,1-2H3. The summed E-state index contributed by atoms with van der Waals surface area (Å²) in [6, 6.07) is 17.1. The first-order valence-corrected chi connectivity index (χ1v) is 6.74. The van der Waals surface area contributed by atoms with Crippen molar-refractivity contribution in [2.75, 3.05) is 0 Å². The zero-order chi connectivity index (χ0) is 14.4. The van der Waals surface area contributed by atoms with Gasteiger partial charge in [0.15, 0.2) is 0 Å². The van der Waals surface area contributed by atoms with E-state index >= 15 is 0 Å². The second-order valence-electron chi connectivity index (χ2n) is 4.60. The van der Waals surface area contributed by atoms with Crippen LogP contribution in [0.3, 0.4) is 0 Å². The summed E-state index contributed by atoms with van der Waals surface area (Å²) >= 11 is 0. The van der Waals surface area contributed by atoms with Gasteiger partial charge in [0.1, 0.15) is 6.10 Å². The molecule has 20 heavy (non-hydrogen) atoms. The van der Waals surface area contributed by atoms with E-state index in [1.165, 1.54) is 0 Å². The Morgan fingerprint density at radius 1 is 1.05 bits per heavy atom. The van der Waals surface area contributed by atoms with E-state index < -0.39 is 5.97 Å². The second kappa shape index (κ2) is 6.87. The van der Waals surface area contributed by atoms with Crippen molar-refractivity contribution < 1.29 is 14.6 Å². The maximum atomic E-state index is 12.1. The zero-order valence-electron chi connectivity index (χ0n) is 11.7. The molecule has 3 heteroatoms. The number of benzene rings is 2. The average molecular weight is 270 g/mol. The summed E-state index contributed by atoms with van der Waals surface area (Å²) in [6.07, 6.45) is 0.677. The van der Waals surface area contributed by atoms with Crippen molar-refractivity contribution in [2.24, 2.45) is 0 Å². The number of carbonyl (C=O) groups is 1. The molecule has 3 nitrogen and oxygen atoms in total. The lowest BCUT2D eigenvalue weighted by molar-refractivity contribution is -0.270. The van der Waals surface area contributed by atoms with Crippen molar-refractivity contribution in [3.8, 4) is 11.1 Å². The summed E-state index contributed by atoms with van der Waals surface area (Å²) in [6.45, 7) is 3.83. The van der Waals surface area contributed by atoms with Crippen LogP contribution in [0.1, 0.15) is 30.6 Å². The van der Waals surface area contributed by atoms with Crippen LogP contribution in [-0.4, -0.2) is 12.1 Å². The summed E-state index contributed by atoms with van der Waals surface area (Å²) in [4.78, 5) is 22.1. The van der Waals surface area contributed by atoms with E-state index in [4.69, 9.17) is 9.78 Å². The molecule has 0 N–H and O–H groups in total. The first-order valence-electron chi connectivity index (χ1n) is 6.74. The van der Waals surface area contributed by atoms with Crippen LogP contribution in [0.15, 0.2) is 54.6 Å². The summed E-state index contributed by atoms with van der Waals surface area (Å²) in [5.41, 5.74) is 2.32. The van der Waals surface area contributed by atoms with Crippen molar-refractivity contribution in [1.29, 1.82) is 0 Å². The Kier molecular flexibility index (Phi) is 4.91. The molecule has 0 aromatic heterocycles. The molecular weight excluding hydrogens is 252 g/mol. The molecule has 0 fully saturated rings. The average Bonchev–Trinajstić information content (AvgIpc) is 2.53. The Labute approximate surface area is 119 Å². The van der Waals surface area contributed by atoms with Gasteiger partial charge in [0.2, 0.25) is 0 Å². The lowest BCUT2D eigenvalue weighted by atomic mass is 10.00. The minimum absolute atomic E-state index is 0.108. The molecule has 0 aliphatic carbocycles.